The van der Waals surface area contributed by atoms with Crippen LogP contribution in [0.2, 0.25) is 0 Å². The lowest BCUT2D eigenvalue weighted by molar-refractivity contribution is 0.446. The Balaban J connectivity index is 3.17. The lowest BCUT2D eigenvalue weighted by Gasteiger charge is -2.21. The summed E-state index contributed by atoms with van der Waals surface area (Å²) in [6, 6.07) is 0. The van der Waals surface area contributed by atoms with Crippen LogP contribution < -0.4 is 0 Å². The third-order valence-electron chi connectivity index (χ3n) is 3.93. The molecule has 0 aliphatic rings. The van der Waals surface area contributed by atoms with E-state index in [0.29, 0.717) is 11.8 Å². The molecular formula is C16H30N2. The molecule has 0 aromatic carbocycles. The molecule has 1 N–H and O–H groups in total. The Morgan fingerprint density at radius 1 is 1.17 bits per heavy atom. The van der Waals surface area contributed by atoms with Crippen LogP contribution in [0.1, 0.15) is 96.8 Å². The zero-order valence-corrected chi connectivity index (χ0v) is 13.2. The molecule has 0 aliphatic heterocycles. The van der Waals surface area contributed by atoms with Crippen molar-refractivity contribution in [2.75, 3.05) is 0 Å². The van der Waals surface area contributed by atoms with Gasteiger partial charge in [-0.05, 0) is 24.7 Å². The van der Waals surface area contributed by atoms with E-state index in [4.69, 9.17) is 4.98 Å². The highest BCUT2D eigenvalue weighted by Crippen LogP contribution is 2.32. The van der Waals surface area contributed by atoms with Crippen LogP contribution in [-0.4, -0.2) is 9.97 Å². The van der Waals surface area contributed by atoms with E-state index in [9.17, 15) is 0 Å². The molecule has 1 aromatic rings. The van der Waals surface area contributed by atoms with Gasteiger partial charge in [0.1, 0.15) is 5.82 Å². The molecule has 1 rings (SSSR count). The van der Waals surface area contributed by atoms with Crippen molar-refractivity contribution in [2.24, 2.45) is 0 Å². The smallest absolute Gasteiger partial charge is 0.112 e. The van der Waals surface area contributed by atoms with Gasteiger partial charge >= 0.3 is 0 Å². The van der Waals surface area contributed by atoms with Crippen molar-refractivity contribution in [3.63, 3.8) is 0 Å². The fourth-order valence-electron chi connectivity index (χ4n) is 2.47. The lowest BCUT2D eigenvalue weighted by Crippen LogP contribution is -2.18. The molecule has 2 nitrogen and oxygen atoms in total. The van der Waals surface area contributed by atoms with E-state index in [-0.39, 0.29) is 5.41 Å². The van der Waals surface area contributed by atoms with E-state index in [0.717, 1.165) is 6.42 Å². The summed E-state index contributed by atoms with van der Waals surface area (Å²) >= 11 is 0. The molecule has 0 saturated heterocycles. The minimum Gasteiger partial charge on any atom is -0.345 e. The number of imidazole rings is 1. The summed E-state index contributed by atoms with van der Waals surface area (Å²) in [6.45, 7) is 15.8. The summed E-state index contributed by atoms with van der Waals surface area (Å²) in [6.07, 6.45) is 3.53. The van der Waals surface area contributed by atoms with Crippen molar-refractivity contribution in [3.8, 4) is 0 Å². The summed E-state index contributed by atoms with van der Waals surface area (Å²) in [7, 11) is 0. The number of hydrogen-bond acceptors (Lipinski definition) is 1. The van der Waals surface area contributed by atoms with Crippen molar-refractivity contribution >= 4 is 0 Å². The molecule has 1 atom stereocenters. The zero-order chi connectivity index (χ0) is 13.9. The summed E-state index contributed by atoms with van der Waals surface area (Å²) in [5.41, 5.74) is 2.78. The van der Waals surface area contributed by atoms with Gasteiger partial charge in [-0.2, -0.15) is 0 Å². The Hall–Kier alpha value is -0.790. The topological polar surface area (TPSA) is 28.7 Å². The second kappa shape index (κ2) is 5.90. The van der Waals surface area contributed by atoms with Crippen LogP contribution >= 0.6 is 0 Å². The van der Waals surface area contributed by atoms with Crippen molar-refractivity contribution in [3.05, 3.63) is 17.2 Å². The fraction of sp³-hybridized carbons (Fsp3) is 0.812. The quantitative estimate of drug-likeness (QED) is 0.745. The minimum absolute atomic E-state index is 0.157. The second-order valence-electron chi connectivity index (χ2n) is 6.48. The summed E-state index contributed by atoms with van der Waals surface area (Å²) < 4.78 is 0. The molecule has 104 valence electrons. The molecular weight excluding hydrogens is 220 g/mol. The van der Waals surface area contributed by atoms with Gasteiger partial charge in [-0.25, -0.2) is 4.98 Å². The summed E-state index contributed by atoms with van der Waals surface area (Å²) in [4.78, 5) is 8.55. The Morgan fingerprint density at radius 2 is 1.78 bits per heavy atom. The Kier molecular flexibility index (Phi) is 5.01. The first-order chi connectivity index (χ1) is 8.33. The van der Waals surface area contributed by atoms with Crippen LogP contribution in [0.15, 0.2) is 0 Å². The number of rotatable bonds is 6. The zero-order valence-electron chi connectivity index (χ0n) is 13.2. The Bertz CT molecular complexity index is 374. The number of nitrogens with one attached hydrogen (secondary N) is 1. The van der Waals surface area contributed by atoms with Gasteiger partial charge in [0.25, 0.3) is 0 Å². The maximum Gasteiger partial charge on any atom is 0.112 e. The van der Waals surface area contributed by atoms with E-state index in [1.54, 1.807) is 0 Å². The average Bonchev–Trinajstić information content (AvgIpc) is 2.73. The molecule has 0 saturated carbocycles. The maximum atomic E-state index is 4.94. The molecule has 0 spiro atoms. The van der Waals surface area contributed by atoms with Crippen molar-refractivity contribution in [2.45, 2.75) is 85.0 Å². The van der Waals surface area contributed by atoms with E-state index in [2.05, 4.69) is 53.5 Å². The van der Waals surface area contributed by atoms with Crippen LogP contribution in [0.5, 0.6) is 0 Å². The first-order valence-electron chi connectivity index (χ1n) is 7.43. The predicted octanol–water partition coefficient (Wildman–Crippen LogP) is 5.12. The molecule has 0 radical (unpaired) electrons. The molecule has 1 unspecified atom stereocenters. The minimum atomic E-state index is 0.157. The summed E-state index contributed by atoms with van der Waals surface area (Å²) in [5.74, 6) is 2.24. The van der Waals surface area contributed by atoms with Crippen LogP contribution in [0.4, 0.5) is 0 Å². The number of aromatic nitrogens is 2. The van der Waals surface area contributed by atoms with Gasteiger partial charge in [-0.1, -0.05) is 54.9 Å². The first kappa shape index (κ1) is 15.3. The van der Waals surface area contributed by atoms with E-state index < -0.39 is 0 Å². The Morgan fingerprint density at radius 3 is 2.22 bits per heavy atom. The van der Waals surface area contributed by atoms with Crippen LogP contribution in [0.25, 0.3) is 0 Å². The highest BCUT2D eigenvalue weighted by molar-refractivity contribution is 5.24. The van der Waals surface area contributed by atoms with Gasteiger partial charge < -0.3 is 4.98 Å². The van der Waals surface area contributed by atoms with Gasteiger partial charge in [-0.3, -0.25) is 0 Å². The highest BCUT2D eigenvalue weighted by Gasteiger charge is 2.27. The SMILES string of the molecule is CCCC(C)(C)c1nc(C(C)CC)c(C(C)C)[nH]1. The molecule has 0 amide bonds. The van der Waals surface area contributed by atoms with Crippen LogP contribution in [0.3, 0.4) is 0 Å². The average molecular weight is 250 g/mol. The number of hydrogen-bond donors (Lipinski definition) is 1. The van der Waals surface area contributed by atoms with Crippen LogP contribution in [-0.2, 0) is 5.41 Å². The largest absolute Gasteiger partial charge is 0.345 e. The maximum absolute atomic E-state index is 4.94. The Labute approximate surface area is 113 Å². The predicted molar refractivity (Wildman–Crippen MR) is 79.3 cm³/mol. The molecule has 18 heavy (non-hydrogen) atoms. The highest BCUT2D eigenvalue weighted by atomic mass is 15.0. The third kappa shape index (κ3) is 3.15. The van der Waals surface area contributed by atoms with Gasteiger partial charge in [0, 0.05) is 11.1 Å². The molecule has 0 aliphatic carbocycles. The van der Waals surface area contributed by atoms with Gasteiger partial charge in [-0.15, -0.1) is 0 Å². The second-order valence-corrected chi connectivity index (χ2v) is 6.48. The third-order valence-corrected chi connectivity index (χ3v) is 3.93. The standard InChI is InChI=1S/C16H30N2/c1-8-10-16(6,7)15-17-13(11(3)4)14(18-15)12(5)9-2/h11-12H,8-10H2,1-7H3,(H,17,18). The van der Waals surface area contributed by atoms with Gasteiger partial charge in [0.15, 0.2) is 0 Å². The molecule has 2 heteroatoms. The molecule has 0 bridgehead atoms. The van der Waals surface area contributed by atoms with E-state index in [1.807, 2.05) is 0 Å². The monoisotopic (exact) mass is 250 g/mol. The number of H-pyrrole nitrogens is 1. The first-order valence-corrected chi connectivity index (χ1v) is 7.43. The normalized spacial score (nSPS) is 14.2. The van der Waals surface area contributed by atoms with Crippen molar-refractivity contribution in [1.29, 1.82) is 0 Å². The van der Waals surface area contributed by atoms with E-state index in [1.165, 1.54) is 30.1 Å². The van der Waals surface area contributed by atoms with Gasteiger partial charge in [0.2, 0.25) is 0 Å². The molecule has 1 heterocycles. The van der Waals surface area contributed by atoms with E-state index >= 15 is 0 Å². The number of nitrogens with zero attached hydrogens (tertiary/aromatic N) is 1. The fourth-order valence-corrected chi connectivity index (χ4v) is 2.47. The lowest BCUT2D eigenvalue weighted by atomic mass is 9.87. The number of aromatic amines is 1. The molecule has 0 fully saturated rings. The van der Waals surface area contributed by atoms with Crippen molar-refractivity contribution < 1.29 is 0 Å². The molecule has 1 aromatic heterocycles. The summed E-state index contributed by atoms with van der Waals surface area (Å²) in [5, 5.41) is 0. The van der Waals surface area contributed by atoms with Gasteiger partial charge in [0.05, 0.1) is 5.69 Å². The van der Waals surface area contributed by atoms with Crippen molar-refractivity contribution in [1.82, 2.24) is 9.97 Å². The van der Waals surface area contributed by atoms with Crippen LogP contribution in [0, 0.1) is 0 Å².